The first-order chi connectivity index (χ1) is 16.6. The van der Waals surface area contributed by atoms with E-state index in [1.54, 1.807) is 17.1 Å². The Hall–Kier alpha value is -3.63. The van der Waals surface area contributed by atoms with Gasteiger partial charge in [0.05, 0.1) is 28.0 Å². The van der Waals surface area contributed by atoms with Crippen molar-refractivity contribution in [2.75, 3.05) is 18.2 Å². The molecule has 0 saturated heterocycles. The fourth-order valence-electron chi connectivity index (χ4n) is 4.14. The van der Waals surface area contributed by atoms with E-state index in [1.165, 1.54) is 26.1 Å². The van der Waals surface area contributed by atoms with E-state index in [0.29, 0.717) is 35.4 Å². The standard InChI is InChI=1S/C25H20F3N3O3S/c1-25(2,33)19-21-22(14(7-8-29-21)15-11-13(26)12-16(27)20(15)28)35-23(19)24(32)30-31-9-10-34-18-6-4-3-5-17(18)31/h3-8,11-12,33H,9-10H2,1-2H3,(H,30,32). The highest BCUT2D eigenvalue weighted by Crippen LogP contribution is 2.42. The van der Waals surface area contributed by atoms with Crippen LogP contribution in [-0.2, 0) is 5.60 Å². The average molecular weight is 500 g/mol. The molecule has 2 aromatic heterocycles. The number of thiophene rings is 1. The second-order valence-electron chi connectivity index (χ2n) is 8.56. The summed E-state index contributed by atoms with van der Waals surface area (Å²) in [5.41, 5.74) is 2.37. The number of hydrogen-bond donors (Lipinski definition) is 2. The summed E-state index contributed by atoms with van der Waals surface area (Å²) in [7, 11) is 0. The zero-order valence-electron chi connectivity index (χ0n) is 18.7. The van der Waals surface area contributed by atoms with Gasteiger partial charge < -0.3 is 9.84 Å². The molecule has 0 unspecified atom stereocenters. The number of fused-ring (bicyclic) bond motifs is 2. The molecule has 1 amide bonds. The minimum absolute atomic E-state index is 0.147. The van der Waals surface area contributed by atoms with Gasteiger partial charge >= 0.3 is 0 Å². The predicted molar refractivity (Wildman–Crippen MR) is 127 cm³/mol. The van der Waals surface area contributed by atoms with Crippen molar-refractivity contribution >= 4 is 33.1 Å². The number of ether oxygens (including phenoxy) is 1. The first-order valence-electron chi connectivity index (χ1n) is 10.7. The summed E-state index contributed by atoms with van der Waals surface area (Å²) in [6, 6.07) is 10.0. The van der Waals surface area contributed by atoms with Crippen molar-refractivity contribution in [1.29, 1.82) is 0 Å². The van der Waals surface area contributed by atoms with Crippen LogP contribution >= 0.6 is 11.3 Å². The monoisotopic (exact) mass is 499 g/mol. The molecule has 0 bridgehead atoms. The van der Waals surface area contributed by atoms with Crippen LogP contribution in [0.15, 0.2) is 48.7 Å². The summed E-state index contributed by atoms with van der Waals surface area (Å²) in [6.07, 6.45) is 1.35. The van der Waals surface area contributed by atoms with Gasteiger partial charge in [-0.1, -0.05) is 12.1 Å². The lowest BCUT2D eigenvalue weighted by atomic mass is 9.95. The number of carbonyl (C=O) groups is 1. The molecule has 2 aromatic carbocycles. The molecule has 6 nitrogen and oxygen atoms in total. The Morgan fingerprint density at radius 1 is 1.17 bits per heavy atom. The first kappa shape index (κ1) is 23.1. The van der Waals surface area contributed by atoms with Crippen molar-refractivity contribution in [3.05, 3.63) is 76.6 Å². The number of pyridine rings is 1. The van der Waals surface area contributed by atoms with Crippen LogP contribution in [-0.4, -0.2) is 29.1 Å². The average Bonchev–Trinajstić information content (AvgIpc) is 3.22. The summed E-state index contributed by atoms with van der Waals surface area (Å²) in [5.74, 6) is -3.38. The van der Waals surface area contributed by atoms with E-state index < -0.39 is 29.0 Å². The molecule has 0 aliphatic carbocycles. The maximum absolute atomic E-state index is 14.6. The molecule has 1 aliphatic rings. The Bertz CT molecular complexity index is 1470. The third kappa shape index (κ3) is 4.08. The van der Waals surface area contributed by atoms with Crippen LogP contribution in [0.25, 0.3) is 21.3 Å². The lowest BCUT2D eigenvalue weighted by Gasteiger charge is -2.31. The van der Waals surface area contributed by atoms with E-state index in [2.05, 4.69) is 10.4 Å². The zero-order chi connectivity index (χ0) is 24.9. The van der Waals surface area contributed by atoms with Crippen LogP contribution in [0.4, 0.5) is 18.9 Å². The molecule has 5 rings (SSSR count). The van der Waals surface area contributed by atoms with Gasteiger partial charge in [0.1, 0.15) is 23.1 Å². The number of hydrazine groups is 1. The number of benzene rings is 2. The van der Waals surface area contributed by atoms with Crippen LogP contribution in [0.5, 0.6) is 5.75 Å². The first-order valence-corrected chi connectivity index (χ1v) is 11.6. The van der Waals surface area contributed by atoms with Gasteiger partial charge in [-0.3, -0.25) is 20.2 Å². The van der Waals surface area contributed by atoms with Gasteiger partial charge in [-0.05, 0) is 38.1 Å². The molecule has 2 N–H and O–H groups in total. The summed E-state index contributed by atoms with van der Waals surface area (Å²) in [5, 5.41) is 12.6. The summed E-state index contributed by atoms with van der Waals surface area (Å²) in [6.45, 7) is 3.76. The molecule has 4 aromatic rings. The molecule has 3 heterocycles. The van der Waals surface area contributed by atoms with Crippen molar-refractivity contribution in [2.45, 2.75) is 19.4 Å². The SMILES string of the molecule is CC(C)(O)c1c(C(=O)NN2CCOc3ccccc32)sc2c(-c3cc(F)cc(F)c3F)ccnc12. The van der Waals surface area contributed by atoms with Crippen LogP contribution in [0.1, 0.15) is 29.1 Å². The highest BCUT2D eigenvalue weighted by atomic mass is 32.1. The van der Waals surface area contributed by atoms with Crippen LogP contribution in [0.3, 0.4) is 0 Å². The summed E-state index contributed by atoms with van der Waals surface area (Å²) in [4.78, 5) is 17.9. The molecule has 0 spiro atoms. The van der Waals surface area contributed by atoms with E-state index in [4.69, 9.17) is 4.74 Å². The zero-order valence-corrected chi connectivity index (χ0v) is 19.5. The largest absolute Gasteiger partial charge is 0.489 e. The molecule has 0 fully saturated rings. The number of aromatic nitrogens is 1. The summed E-state index contributed by atoms with van der Waals surface area (Å²) < 4.78 is 48.5. The van der Waals surface area contributed by atoms with E-state index in [-0.39, 0.29) is 27.1 Å². The minimum Gasteiger partial charge on any atom is -0.489 e. The minimum atomic E-state index is -1.49. The number of anilines is 1. The lowest BCUT2D eigenvalue weighted by molar-refractivity contribution is 0.0765. The molecule has 1 aliphatic heterocycles. The fraction of sp³-hybridized carbons (Fsp3) is 0.200. The fourth-order valence-corrected chi connectivity index (χ4v) is 5.47. The van der Waals surface area contributed by atoms with Gasteiger partial charge in [0, 0.05) is 29.0 Å². The highest BCUT2D eigenvalue weighted by Gasteiger charge is 2.32. The predicted octanol–water partition coefficient (Wildman–Crippen LogP) is 5.15. The normalized spacial score (nSPS) is 13.5. The number of rotatable bonds is 4. The Morgan fingerprint density at radius 3 is 2.71 bits per heavy atom. The van der Waals surface area contributed by atoms with Crippen molar-refractivity contribution < 1.29 is 27.8 Å². The van der Waals surface area contributed by atoms with Gasteiger partial charge in [0.2, 0.25) is 0 Å². The highest BCUT2D eigenvalue weighted by molar-refractivity contribution is 7.21. The Kier molecular flexibility index (Phi) is 5.65. The van der Waals surface area contributed by atoms with Gasteiger partial charge in [0.15, 0.2) is 11.6 Å². The van der Waals surface area contributed by atoms with Crippen LogP contribution in [0.2, 0.25) is 0 Å². The van der Waals surface area contributed by atoms with Crippen molar-refractivity contribution in [2.24, 2.45) is 0 Å². The Morgan fingerprint density at radius 2 is 1.94 bits per heavy atom. The number of carbonyl (C=O) groups excluding carboxylic acids is 1. The second-order valence-corrected chi connectivity index (χ2v) is 9.58. The van der Waals surface area contributed by atoms with Gasteiger partial charge in [-0.15, -0.1) is 11.3 Å². The number of nitrogens with zero attached hydrogens (tertiary/aromatic N) is 2. The van der Waals surface area contributed by atoms with Gasteiger partial charge in [-0.2, -0.15) is 0 Å². The number of nitrogens with one attached hydrogen (secondary N) is 1. The van der Waals surface area contributed by atoms with Crippen molar-refractivity contribution in [3.63, 3.8) is 0 Å². The number of amides is 1. The van der Waals surface area contributed by atoms with E-state index >= 15 is 0 Å². The molecule has 10 heteroatoms. The number of hydrogen-bond acceptors (Lipinski definition) is 6. The number of para-hydroxylation sites is 2. The molecular formula is C25H20F3N3O3S. The Balaban J connectivity index is 1.64. The second kappa shape index (κ2) is 8.54. The topological polar surface area (TPSA) is 74.7 Å². The van der Waals surface area contributed by atoms with Gasteiger partial charge in [-0.25, -0.2) is 13.2 Å². The molecular weight excluding hydrogens is 479 g/mol. The molecule has 35 heavy (non-hydrogen) atoms. The third-order valence-corrected chi connectivity index (χ3v) is 6.85. The number of halogens is 3. The van der Waals surface area contributed by atoms with E-state index in [9.17, 15) is 23.1 Å². The maximum Gasteiger partial charge on any atom is 0.280 e. The molecule has 0 saturated carbocycles. The maximum atomic E-state index is 14.6. The van der Waals surface area contributed by atoms with Crippen LogP contribution < -0.4 is 15.2 Å². The van der Waals surface area contributed by atoms with E-state index in [0.717, 1.165) is 17.4 Å². The van der Waals surface area contributed by atoms with Crippen LogP contribution in [0, 0.1) is 17.5 Å². The quantitative estimate of drug-likeness (QED) is 0.380. The smallest absolute Gasteiger partial charge is 0.280 e. The summed E-state index contributed by atoms with van der Waals surface area (Å²) >= 11 is 0.967. The lowest BCUT2D eigenvalue weighted by Crippen LogP contribution is -2.46. The van der Waals surface area contributed by atoms with E-state index in [1.807, 2.05) is 12.1 Å². The number of aliphatic hydroxyl groups is 1. The molecule has 0 atom stereocenters. The molecule has 180 valence electrons. The molecule has 0 radical (unpaired) electrons. The van der Waals surface area contributed by atoms with Crippen molar-refractivity contribution in [1.82, 2.24) is 10.4 Å². The third-order valence-electron chi connectivity index (χ3n) is 5.64. The Labute approximate surface area is 202 Å². The van der Waals surface area contributed by atoms with Crippen molar-refractivity contribution in [3.8, 4) is 16.9 Å². The van der Waals surface area contributed by atoms with Gasteiger partial charge in [0.25, 0.3) is 5.91 Å².